The molecular formula is C26H28N4O3. The van der Waals surface area contributed by atoms with Gasteiger partial charge in [-0.25, -0.2) is 4.68 Å². The summed E-state index contributed by atoms with van der Waals surface area (Å²) < 4.78 is 1.69. The molecule has 0 atom stereocenters. The van der Waals surface area contributed by atoms with Crippen LogP contribution in [0.25, 0.3) is 5.69 Å². The average molecular weight is 445 g/mol. The van der Waals surface area contributed by atoms with Crippen molar-refractivity contribution < 1.29 is 14.4 Å². The number of nitrogens with one attached hydrogen (secondary N) is 1. The molecule has 4 rings (SSSR count). The number of piperidine rings is 1. The van der Waals surface area contributed by atoms with E-state index >= 15 is 0 Å². The Bertz CT molecular complexity index is 1150. The fourth-order valence-corrected chi connectivity index (χ4v) is 4.32. The maximum absolute atomic E-state index is 13.1. The molecule has 1 fully saturated rings. The van der Waals surface area contributed by atoms with E-state index < -0.39 is 11.7 Å². The molecular weight excluding hydrogens is 416 g/mol. The number of carbonyl (C=O) groups is 3. The van der Waals surface area contributed by atoms with E-state index in [0.717, 1.165) is 11.3 Å². The lowest BCUT2D eigenvalue weighted by Crippen LogP contribution is -2.45. The van der Waals surface area contributed by atoms with Crippen molar-refractivity contribution in [2.24, 2.45) is 5.92 Å². The molecule has 1 saturated heterocycles. The molecule has 7 heteroatoms. The van der Waals surface area contributed by atoms with Crippen molar-refractivity contribution in [1.82, 2.24) is 20.0 Å². The second-order valence-electron chi connectivity index (χ2n) is 8.39. The monoisotopic (exact) mass is 444 g/mol. The zero-order chi connectivity index (χ0) is 23.4. The number of Topliss-reactive ketones (excluding diaryl/α,β-unsaturated/α-hetero) is 1. The van der Waals surface area contributed by atoms with Gasteiger partial charge in [0.25, 0.3) is 11.7 Å². The summed E-state index contributed by atoms with van der Waals surface area (Å²) >= 11 is 0. The second kappa shape index (κ2) is 9.81. The van der Waals surface area contributed by atoms with Crippen molar-refractivity contribution in [3.63, 3.8) is 0 Å². The lowest BCUT2D eigenvalue weighted by Gasteiger charge is -2.31. The minimum atomic E-state index is -0.542. The van der Waals surface area contributed by atoms with E-state index in [-0.39, 0.29) is 11.8 Å². The molecule has 1 aliphatic heterocycles. The van der Waals surface area contributed by atoms with Gasteiger partial charge in [-0.2, -0.15) is 5.10 Å². The standard InChI is InChI=1S/C26H28N4O3/c1-18-23(19(2)30(28-18)22-11-7-4-8-12-22)24(31)26(33)29-15-13-21(14-16-29)25(32)27-17-20-9-5-3-6-10-20/h3-12,21H,13-17H2,1-2H3,(H,27,32). The highest BCUT2D eigenvalue weighted by Crippen LogP contribution is 2.22. The summed E-state index contributed by atoms with van der Waals surface area (Å²) in [5.74, 6) is -1.23. The van der Waals surface area contributed by atoms with Gasteiger partial charge in [0.05, 0.1) is 22.6 Å². The van der Waals surface area contributed by atoms with Crippen LogP contribution in [-0.4, -0.2) is 45.4 Å². The van der Waals surface area contributed by atoms with Gasteiger partial charge < -0.3 is 10.2 Å². The topological polar surface area (TPSA) is 84.3 Å². The average Bonchev–Trinajstić information content (AvgIpc) is 3.16. The molecule has 2 amide bonds. The highest BCUT2D eigenvalue weighted by Gasteiger charge is 2.33. The Hall–Kier alpha value is -3.74. The van der Waals surface area contributed by atoms with Crippen LogP contribution in [0.2, 0.25) is 0 Å². The van der Waals surface area contributed by atoms with Crippen LogP contribution < -0.4 is 5.32 Å². The molecule has 0 unspecified atom stereocenters. The maximum Gasteiger partial charge on any atom is 0.295 e. The number of likely N-dealkylation sites (tertiary alicyclic amines) is 1. The van der Waals surface area contributed by atoms with Crippen molar-refractivity contribution >= 4 is 17.6 Å². The molecule has 3 aromatic rings. The molecule has 0 spiro atoms. The normalized spacial score (nSPS) is 14.2. The van der Waals surface area contributed by atoms with Crippen LogP contribution in [0.3, 0.4) is 0 Å². The first-order valence-electron chi connectivity index (χ1n) is 11.2. The van der Waals surface area contributed by atoms with Gasteiger partial charge in [0.2, 0.25) is 5.91 Å². The minimum Gasteiger partial charge on any atom is -0.352 e. The van der Waals surface area contributed by atoms with Crippen molar-refractivity contribution in [2.45, 2.75) is 33.2 Å². The summed E-state index contributed by atoms with van der Waals surface area (Å²) in [6.45, 7) is 4.81. The van der Waals surface area contributed by atoms with Crippen molar-refractivity contribution in [3.8, 4) is 5.69 Å². The van der Waals surface area contributed by atoms with Gasteiger partial charge in [0, 0.05) is 25.6 Å². The fourth-order valence-electron chi connectivity index (χ4n) is 4.32. The van der Waals surface area contributed by atoms with Crippen LogP contribution in [0.15, 0.2) is 60.7 Å². The van der Waals surface area contributed by atoms with Gasteiger partial charge >= 0.3 is 0 Å². The number of hydrogen-bond donors (Lipinski definition) is 1. The molecule has 170 valence electrons. The third-order valence-electron chi connectivity index (χ3n) is 6.18. The largest absolute Gasteiger partial charge is 0.352 e. The number of para-hydroxylation sites is 1. The van der Waals surface area contributed by atoms with E-state index in [0.29, 0.717) is 49.4 Å². The van der Waals surface area contributed by atoms with Crippen LogP contribution >= 0.6 is 0 Å². The summed E-state index contributed by atoms with van der Waals surface area (Å²) in [6, 6.07) is 19.3. The Balaban J connectivity index is 1.36. The number of nitrogens with zero attached hydrogens (tertiary/aromatic N) is 3. The minimum absolute atomic E-state index is 0.00638. The quantitative estimate of drug-likeness (QED) is 0.467. The van der Waals surface area contributed by atoms with Crippen LogP contribution in [0.4, 0.5) is 0 Å². The summed E-state index contributed by atoms with van der Waals surface area (Å²) in [7, 11) is 0. The zero-order valence-electron chi connectivity index (χ0n) is 19.0. The van der Waals surface area contributed by atoms with E-state index in [1.807, 2.05) is 60.7 Å². The van der Waals surface area contributed by atoms with Crippen LogP contribution in [0, 0.1) is 19.8 Å². The SMILES string of the molecule is Cc1nn(-c2ccccc2)c(C)c1C(=O)C(=O)N1CCC(C(=O)NCc2ccccc2)CC1. The van der Waals surface area contributed by atoms with E-state index in [1.54, 1.807) is 23.4 Å². The van der Waals surface area contributed by atoms with Gasteiger partial charge in [0.1, 0.15) is 0 Å². The summed E-state index contributed by atoms with van der Waals surface area (Å²) in [5.41, 5.74) is 3.42. The smallest absolute Gasteiger partial charge is 0.295 e. The number of carbonyl (C=O) groups excluding carboxylic acids is 3. The van der Waals surface area contributed by atoms with Gasteiger partial charge in [0.15, 0.2) is 0 Å². The number of hydrogen-bond acceptors (Lipinski definition) is 4. The number of amides is 2. The van der Waals surface area contributed by atoms with E-state index in [1.165, 1.54) is 0 Å². The first kappa shape index (κ1) is 22.5. The Morgan fingerprint density at radius 3 is 2.18 bits per heavy atom. The molecule has 7 nitrogen and oxygen atoms in total. The third kappa shape index (κ3) is 4.87. The third-order valence-corrected chi connectivity index (χ3v) is 6.18. The fraction of sp³-hybridized carbons (Fsp3) is 0.308. The summed E-state index contributed by atoms with van der Waals surface area (Å²) in [4.78, 5) is 40.2. The Morgan fingerprint density at radius 2 is 1.55 bits per heavy atom. The highest BCUT2D eigenvalue weighted by molar-refractivity contribution is 6.43. The Morgan fingerprint density at radius 1 is 0.939 bits per heavy atom. The van der Waals surface area contributed by atoms with Gasteiger partial charge in [-0.15, -0.1) is 0 Å². The van der Waals surface area contributed by atoms with Gasteiger partial charge in [-0.3, -0.25) is 14.4 Å². The first-order chi connectivity index (χ1) is 16.0. The van der Waals surface area contributed by atoms with E-state index in [9.17, 15) is 14.4 Å². The van der Waals surface area contributed by atoms with Crippen LogP contribution in [0.5, 0.6) is 0 Å². The molecule has 1 N–H and O–H groups in total. The molecule has 1 aromatic heterocycles. The first-order valence-corrected chi connectivity index (χ1v) is 11.2. The second-order valence-corrected chi connectivity index (χ2v) is 8.39. The lowest BCUT2D eigenvalue weighted by atomic mass is 9.95. The zero-order valence-corrected chi connectivity index (χ0v) is 19.0. The maximum atomic E-state index is 13.1. The van der Waals surface area contributed by atoms with Gasteiger partial charge in [-0.05, 0) is 44.4 Å². The summed E-state index contributed by atoms with van der Waals surface area (Å²) in [5, 5.41) is 7.46. The van der Waals surface area contributed by atoms with Crippen molar-refractivity contribution in [2.75, 3.05) is 13.1 Å². The molecule has 0 radical (unpaired) electrons. The number of benzene rings is 2. The number of aromatic nitrogens is 2. The van der Waals surface area contributed by atoms with E-state index in [2.05, 4.69) is 10.4 Å². The predicted molar refractivity (Wildman–Crippen MR) is 125 cm³/mol. The lowest BCUT2D eigenvalue weighted by molar-refractivity contribution is -0.132. The Labute approximate surface area is 193 Å². The molecule has 0 saturated carbocycles. The number of ketones is 1. The number of aryl methyl sites for hydroxylation is 1. The van der Waals surface area contributed by atoms with Crippen molar-refractivity contribution in [1.29, 1.82) is 0 Å². The number of rotatable bonds is 6. The van der Waals surface area contributed by atoms with E-state index in [4.69, 9.17) is 0 Å². The summed E-state index contributed by atoms with van der Waals surface area (Å²) in [6.07, 6.45) is 1.09. The van der Waals surface area contributed by atoms with Crippen molar-refractivity contribution in [3.05, 3.63) is 83.2 Å². The molecule has 33 heavy (non-hydrogen) atoms. The predicted octanol–water partition coefficient (Wildman–Crippen LogP) is 3.23. The Kier molecular flexibility index (Phi) is 6.68. The van der Waals surface area contributed by atoms with Crippen LogP contribution in [0.1, 0.15) is 40.2 Å². The molecule has 1 aliphatic rings. The molecule has 0 bridgehead atoms. The molecule has 0 aliphatic carbocycles. The highest BCUT2D eigenvalue weighted by atomic mass is 16.2. The van der Waals surface area contributed by atoms with Gasteiger partial charge in [-0.1, -0.05) is 48.5 Å². The van der Waals surface area contributed by atoms with Crippen LogP contribution in [-0.2, 0) is 16.1 Å². The molecule has 2 aromatic carbocycles. The molecule has 2 heterocycles.